The van der Waals surface area contributed by atoms with Gasteiger partial charge in [0.05, 0.1) is 19.4 Å². The van der Waals surface area contributed by atoms with Crippen LogP contribution < -0.4 is 15.0 Å². The van der Waals surface area contributed by atoms with E-state index < -0.39 is 5.56 Å². The van der Waals surface area contributed by atoms with Crippen LogP contribution in [-0.2, 0) is 0 Å². The van der Waals surface area contributed by atoms with E-state index in [9.17, 15) is 10.1 Å². The van der Waals surface area contributed by atoms with Gasteiger partial charge in [-0.2, -0.15) is 5.26 Å². The van der Waals surface area contributed by atoms with Gasteiger partial charge in [-0.15, -0.1) is 0 Å². The molecule has 0 atom stereocenters. The summed E-state index contributed by atoms with van der Waals surface area (Å²) in [5, 5.41) is 9.73. The molecule has 1 N–H and O–H groups in total. The number of thioether (sulfide) groups is 1. The van der Waals surface area contributed by atoms with Gasteiger partial charge in [0.1, 0.15) is 11.6 Å². The highest BCUT2D eigenvalue weighted by atomic mass is 79.9. The normalized spacial score (nSPS) is 10.2. The van der Waals surface area contributed by atoms with E-state index in [2.05, 4.69) is 25.9 Å². The number of rotatable bonds is 5. The lowest BCUT2D eigenvalue weighted by Gasteiger charge is -2.13. The minimum absolute atomic E-state index is 0.0466. The molecule has 1 aromatic carbocycles. The van der Waals surface area contributed by atoms with Crippen LogP contribution in [0.3, 0.4) is 0 Å². The van der Waals surface area contributed by atoms with E-state index in [1.54, 1.807) is 18.4 Å². The fourth-order valence-electron chi connectivity index (χ4n) is 1.99. The summed E-state index contributed by atoms with van der Waals surface area (Å²) in [5.74, 6) is 1.07. The van der Waals surface area contributed by atoms with E-state index >= 15 is 0 Å². The lowest BCUT2D eigenvalue weighted by Crippen LogP contribution is -2.14. The molecular weight excluding hydrogens is 382 g/mol. The van der Waals surface area contributed by atoms with Gasteiger partial charge < -0.3 is 14.5 Å². The van der Waals surface area contributed by atoms with Crippen molar-refractivity contribution >= 4 is 27.7 Å². The molecule has 0 saturated heterocycles. The van der Waals surface area contributed by atoms with Gasteiger partial charge in [0, 0.05) is 10.0 Å². The van der Waals surface area contributed by atoms with Crippen LogP contribution in [0.2, 0.25) is 0 Å². The molecule has 0 amide bonds. The Morgan fingerprint density at radius 1 is 1.43 bits per heavy atom. The van der Waals surface area contributed by atoms with Gasteiger partial charge >= 0.3 is 0 Å². The largest absolute Gasteiger partial charge is 0.493 e. The minimum atomic E-state index is -0.471. The maximum absolute atomic E-state index is 12.1. The molecule has 0 bridgehead atoms. The summed E-state index contributed by atoms with van der Waals surface area (Å²) in [5.41, 5.74) is 0.369. The van der Waals surface area contributed by atoms with Gasteiger partial charge in [0.2, 0.25) is 0 Å². The zero-order valence-electron chi connectivity index (χ0n) is 12.8. The second-order valence-corrected chi connectivity index (χ2v) is 5.98. The summed E-state index contributed by atoms with van der Waals surface area (Å²) in [6.45, 7) is 2.36. The Balaban J connectivity index is 2.74. The second kappa shape index (κ2) is 7.53. The Morgan fingerprint density at radius 2 is 2.17 bits per heavy atom. The molecule has 0 spiro atoms. The molecule has 1 heterocycles. The molecule has 0 aliphatic heterocycles. The number of methoxy groups -OCH3 is 1. The van der Waals surface area contributed by atoms with Crippen molar-refractivity contribution in [2.24, 2.45) is 0 Å². The first-order valence-corrected chi connectivity index (χ1v) is 8.66. The third-order valence-corrected chi connectivity index (χ3v) is 4.25. The molecular formula is C15H14BrN3O3S. The van der Waals surface area contributed by atoms with Crippen molar-refractivity contribution in [2.75, 3.05) is 20.0 Å². The van der Waals surface area contributed by atoms with Crippen LogP contribution in [0.25, 0.3) is 11.3 Å². The standard InChI is InChI=1S/C15H14BrN3O3S/c1-4-22-12-6-10(16)8(5-11(12)21-2)13-9(7-17)14(20)19-15(18-13)23-3/h5-6H,4H2,1-3H3,(H,18,19,20). The zero-order chi connectivity index (χ0) is 17.0. The number of nitrogens with zero attached hydrogens (tertiary/aromatic N) is 2. The topological polar surface area (TPSA) is 88.0 Å². The van der Waals surface area contributed by atoms with Crippen molar-refractivity contribution in [1.82, 2.24) is 9.97 Å². The van der Waals surface area contributed by atoms with E-state index in [0.29, 0.717) is 39.0 Å². The van der Waals surface area contributed by atoms with Crippen LogP contribution in [0.5, 0.6) is 11.5 Å². The molecule has 0 aliphatic carbocycles. The number of ether oxygens (including phenoxy) is 2. The van der Waals surface area contributed by atoms with Gasteiger partial charge in [0.15, 0.2) is 16.7 Å². The Labute approximate surface area is 146 Å². The Morgan fingerprint density at radius 3 is 2.74 bits per heavy atom. The van der Waals surface area contributed by atoms with Crippen LogP contribution in [0.4, 0.5) is 0 Å². The van der Waals surface area contributed by atoms with Crippen molar-refractivity contribution < 1.29 is 9.47 Å². The molecule has 2 rings (SSSR count). The highest BCUT2D eigenvalue weighted by Crippen LogP contribution is 2.38. The van der Waals surface area contributed by atoms with Gasteiger partial charge in [0.25, 0.3) is 5.56 Å². The van der Waals surface area contributed by atoms with Crippen molar-refractivity contribution in [2.45, 2.75) is 12.1 Å². The molecule has 0 saturated carbocycles. The molecule has 0 radical (unpaired) electrons. The summed E-state index contributed by atoms with van der Waals surface area (Å²) in [7, 11) is 1.53. The van der Waals surface area contributed by atoms with E-state index in [4.69, 9.17) is 9.47 Å². The molecule has 23 heavy (non-hydrogen) atoms. The SMILES string of the molecule is CCOc1cc(Br)c(-c2nc(SC)[nH]c(=O)c2C#N)cc1OC. The van der Waals surface area contributed by atoms with E-state index in [-0.39, 0.29) is 5.56 Å². The summed E-state index contributed by atoms with van der Waals surface area (Å²) in [6.07, 6.45) is 1.79. The van der Waals surface area contributed by atoms with Crippen LogP contribution in [0, 0.1) is 11.3 Å². The lowest BCUT2D eigenvalue weighted by atomic mass is 10.1. The number of halogens is 1. The van der Waals surface area contributed by atoms with Gasteiger partial charge in [-0.25, -0.2) is 4.98 Å². The average Bonchev–Trinajstić information content (AvgIpc) is 2.54. The maximum Gasteiger partial charge on any atom is 0.270 e. The van der Waals surface area contributed by atoms with Crippen molar-refractivity contribution in [3.63, 3.8) is 0 Å². The first kappa shape index (κ1) is 17.4. The number of nitriles is 1. The number of aromatic nitrogens is 2. The molecule has 1 aromatic heterocycles. The number of hydrogen-bond donors (Lipinski definition) is 1. The third-order valence-electron chi connectivity index (χ3n) is 3.01. The average molecular weight is 396 g/mol. The number of hydrogen-bond acceptors (Lipinski definition) is 6. The highest BCUT2D eigenvalue weighted by molar-refractivity contribution is 9.10. The molecule has 2 aromatic rings. The molecule has 6 nitrogen and oxygen atoms in total. The molecule has 8 heteroatoms. The van der Waals surface area contributed by atoms with Gasteiger partial charge in [-0.3, -0.25) is 4.79 Å². The molecule has 0 unspecified atom stereocenters. The summed E-state index contributed by atoms with van der Waals surface area (Å²) >= 11 is 4.74. The molecule has 0 aliphatic rings. The lowest BCUT2D eigenvalue weighted by molar-refractivity contribution is 0.311. The van der Waals surface area contributed by atoms with E-state index in [1.165, 1.54) is 18.9 Å². The maximum atomic E-state index is 12.1. The summed E-state index contributed by atoms with van der Waals surface area (Å²) < 4.78 is 11.5. The fourth-order valence-corrected chi connectivity index (χ4v) is 2.88. The fraction of sp³-hybridized carbons (Fsp3) is 0.267. The van der Waals surface area contributed by atoms with Crippen molar-refractivity contribution in [1.29, 1.82) is 5.26 Å². The quantitative estimate of drug-likeness (QED) is 0.617. The zero-order valence-corrected chi connectivity index (χ0v) is 15.2. The van der Waals surface area contributed by atoms with Crippen molar-refractivity contribution in [3.8, 4) is 28.8 Å². The van der Waals surface area contributed by atoms with E-state index in [0.717, 1.165) is 0 Å². The Kier molecular flexibility index (Phi) is 5.69. The first-order chi connectivity index (χ1) is 11.0. The second-order valence-electron chi connectivity index (χ2n) is 4.33. The van der Waals surface area contributed by atoms with Crippen LogP contribution >= 0.6 is 27.7 Å². The first-order valence-electron chi connectivity index (χ1n) is 6.64. The van der Waals surface area contributed by atoms with Gasteiger partial charge in [-0.05, 0) is 41.2 Å². The van der Waals surface area contributed by atoms with Crippen LogP contribution in [-0.4, -0.2) is 29.9 Å². The number of nitrogens with one attached hydrogen (secondary N) is 1. The minimum Gasteiger partial charge on any atom is -0.493 e. The van der Waals surface area contributed by atoms with Crippen LogP contribution in [0.15, 0.2) is 26.6 Å². The number of aromatic amines is 1. The van der Waals surface area contributed by atoms with E-state index in [1.807, 2.05) is 13.0 Å². The number of benzene rings is 1. The number of H-pyrrole nitrogens is 1. The predicted octanol–water partition coefficient (Wildman–Crippen LogP) is 3.20. The van der Waals surface area contributed by atoms with Crippen molar-refractivity contribution in [3.05, 3.63) is 32.5 Å². The van der Waals surface area contributed by atoms with Gasteiger partial charge in [-0.1, -0.05) is 11.8 Å². The highest BCUT2D eigenvalue weighted by Gasteiger charge is 2.18. The monoisotopic (exact) mass is 395 g/mol. The molecule has 0 fully saturated rings. The molecule has 120 valence electrons. The summed E-state index contributed by atoms with van der Waals surface area (Å²) in [6, 6.07) is 5.34. The summed E-state index contributed by atoms with van der Waals surface area (Å²) in [4.78, 5) is 19.0. The van der Waals surface area contributed by atoms with Crippen LogP contribution in [0.1, 0.15) is 12.5 Å². The predicted molar refractivity (Wildman–Crippen MR) is 92.2 cm³/mol. The third kappa shape index (κ3) is 3.51. The smallest absolute Gasteiger partial charge is 0.270 e. The Bertz CT molecular complexity index is 830. The Hall–Kier alpha value is -1.98.